The number of likely N-dealkylation sites (tertiary alicyclic amines) is 1. The number of nitrogens with zero attached hydrogens (tertiary/aromatic N) is 3. The van der Waals surface area contributed by atoms with E-state index in [0.717, 1.165) is 27.8 Å². The Kier molecular flexibility index (Phi) is 22.7. The molecular formula is C64H86N4O12. The molecule has 16 heteroatoms. The fourth-order valence-electron chi connectivity index (χ4n) is 11.9. The maximum Gasteiger partial charge on any atom is 0.410 e. The van der Waals surface area contributed by atoms with Gasteiger partial charge in [0.05, 0.1) is 56.9 Å². The predicted molar refractivity (Wildman–Crippen MR) is 307 cm³/mol. The van der Waals surface area contributed by atoms with Crippen molar-refractivity contribution in [1.29, 1.82) is 0 Å². The summed E-state index contributed by atoms with van der Waals surface area (Å²) in [5.41, 5.74) is 5.84. The number of hydrogen-bond acceptors (Lipinski definition) is 12. The summed E-state index contributed by atoms with van der Waals surface area (Å²) >= 11 is 0. The van der Waals surface area contributed by atoms with Crippen LogP contribution in [0.3, 0.4) is 0 Å². The molecule has 80 heavy (non-hydrogen) atoms. The van der Waals surface area contributed by atoms with E-state index >= 15 is 0 Å². The molecule has 4 amide bonds. The third-order valence-electron chi connectivity index (χ3n) is 16.6. The molecule has 1 fully saturated rings. The first-order valence-corrected chi connectivity index (χ1v) is 28.2. The monoisotopic (exact) mass is 1100 g/mol. The lowest BCUT2D eigenvalue weighted by atomic mass is 9.83. The average molecular weight is 1100 g/mol. The van der Waals surface area contributed by atoms with Crippen molar-refractivity contribution in [2.45, 2.75) is 136 Å². The molecule has 1 heterocycles. The second-order valence-electron chi connectivity index (χ2n) is 22.3. The van der Waals surface area contributed by atoms with Crippen molar-refractivity contribution in [3.05, 3.63) is 119 Å². The standard InChI is InChI=1S/C64H86N4O12/c1-14-41(6)59(66(8)62(72)50(39(2)3)35-54(69)58(40(4)5)67(9)64(74)80-38-51-48-27-20-18-25-46(48)47-26-19-21-28-49(47)51)56(77-12)36-57(70)68-32-22-29-53(68)60(78-13)42(7)61(71)65-52(33-43-23-16-15-17-24-43)63(73)79-37-44-30-31-45(75-10)34-55(44)76-11/h15-21,23-28,30-31,34,39-42,50-53,56,58-60H,14,22,29,32-33,35-38H2,1-13H3,(H,65,71)/t41-,42+,50-,52-,53-,56+,58-,59-,60+/m0/s1. The molecule has 1 aliphatic carbocycles. The van der Waals surface area contributed by atoms with Gasteiger partial charge in [-0.05, 0) is 70.5 Å². The number of likely N-dealkylation sites (N-methyl/N-ethyl adjacent to an activating group) is 2. The van der Waals surface area contributed by atoms with Gasteiger partial charge < -0.3 is 48.4 Å². The highest BCUT2D eigenvalue weighted by Crippen LogP contribution is 2.45. The zero-order valence-electron chi connectivity index (χ0n) is 49.3. The van der Waals surface area contributed by atoms with Gasteiger partial charge in [-0.15, -0.1) is 0 Å². The number of rotatable bonds is 28. The average Bonchev–Trinajstić information content (AvgIpc) is 4.22. The van der Waals surface area contributed by atoms with E-state index in [1.807, 2.05) is 96.1 Å². The minimum Gasteiger partial charge on any atom is -0.497 e. The molecule has 0 saturated carbocycles. The molecule has 434 valence electrons. The summed E-state index contributed by atoms with van der Waals surface area (Å²) in [6, 6.07) is 27.8. The van der Waals surface area contributed by atoms with Crippen molar-refractivity contribution in [3.8, 4) is 22.6 Å². The Balaban J connectivity index is 1.12. The van der Waals surface area contributed by atoms with Gasteiger partial charge in [0.2, 0.25) is 17.7 Å². The number of nitrogens with one attached hydrogen (secondary N) is 1. The van der Waals surface area contributed by atoms with Gasteiger partial charge >= 0.3 is 12.1 Å². The van der Waals surface area contributed by atoms with Crippen LogP contribution in [0.5, 0.6) is 11.5 Å². The first-order chi connectivity index (χ1) is 38.3. The molecule has 9 atom stereocenters. The molecule has 0 aromatic heterocycles. The Hall–Kier alpha value is -6.78. The topological polar surface area (TPSA) is 180 Å². The summed E-state index contributed by atoms with van der Waals surface area (Å²) in [6.07, 6.45) is -0.177. The van der Waals surface area contributed by atoms with E-state index in [2.05, 4.69) is 29.6 Å². The van der Waals surface area contributed by atoms with Gasteiger partial charge in [-0.2, -0.15) is 0 Å². The van der Waals surface area contributed by atoms with Crippen molar-refractivity contribution in [2.24, 2.45) is 29.6 Å². The Morgan fingerprint density at radius 3 is 1.94 bits per heavy atom. The normalized spacial score (nSPS) is 17.0. The summed E-state index contributed by atoms with van der Waals surface area (Å²) in [7, 11) is 9.42. The summed E-state index contributed by atoms with van der Waals surface area (Å²) in [6.45, 7) is 13.8. The number of ketones is 1. The number of carbonyl (C=O) groups is 6. The zero-order chi connectivity index (χ0) is 58.4. The number of amides is 4. The van der Waals surface area contributed by atoms with E-state index in [-0.39, 0.29) is 73.7 Å². The van der Waals surface area contributed by atoms with Crippen molar-refractivity contribution in [1.82, 2.24) is 20.0 Å². The lowest BCUT2D eigenvalue weighted by Gasteiger charge is -2.41. The maximum absolute atomic E-state index is 14.9. The molecule has 4 aromatic rings. The highest BCUT2D eigenvalue weighted by atomic mass is 16.6. The largest absolute Gasteiger partial charge is 0.497 e. The van der Waals surface area contributed by atoms with Crippen LogP contribution in [0.1, 0.15) is 109 Å². The number of esters is 1. The van der Waals surface area contributed by atoms with Crippen LogP contribution in [0.25, 0.3) is 11.1 Å². The van der Waals surface area contributed by atoms with Gasteiger partial charge in [-0.25, -0.2) is 9.59 Å². The number of carbonyl (C=O) groups excluding carboxylic acids is 6. The predicted octanol–water partition coefficient (Wildman–Crippen LogP) is 9.53. The van der Waals surface area contributed by atoms with Gasteiger partial charge in [0.25, 0.3) is 0 Å². The second-order valence-corrected chi connectivity index (χ2v) is 22.3. The van der Waals surface area contributed by atoms with E-state index in [1.54, 1.807) is 56.1 Å². The molecule has 1 N–H and O–H groups in total. The van der Waals surface area contributed by atoms with Crippen LogP contribution in [0.2, 0.25) is 0 Å². The van der Waals surface area contributed by atoms with Crippen molar-refractivity contribution >= 4 is 35.6 Å². The number of hydrogen-bond donors (Lipinski definition) is 1. The number of methoxy groups -OCH3 is 4. The van der Waals surface area contributed by atoms with Crippen LogP contribution in [0.4, 0.5) is 4.79 Å². The molecule has 0 radical (unpaired) electrons. The highest BCUT2D eigenvalue weighted by molar-refractivity contribution is 5.92. The highest BCUT2D eigenvalue weighted by Gasteiger charge is 2.44. The Morgan fingerprint density at radius 1 is 0.725 bits per heavy atom. The molecule has 0 spiro atoms. The Morgan fingerprint density at radius 2 is 1.36 bits per heavy atom. The Labute approximate surface area is 474 Å². The van der Waals surface area contributed by atoms with Crippen LogP contribution in [0, 0.1) is 29.6 Å². The van der Waals surface area contributed by atoms with Crippen LogP contribution in [0.15, 0.2) is 97.1 Å². The molecule has 2 aliphatic rings. The molecule has 0 bridgehead atoms. The second kappa shape index (κ2) is 29.1. The van der Waals surface area contributed by atoms with Crippen LogP contribution < -0.4 is 14.8 Å². The van der Waals surface area contributed by atoms with Gasteiger partial charge in [-0.3, -0.25) is 19.2 Å². The van der Waals surface area contributed by atoms with Crippen LogP contribution >= 0.6 is 0 Å². The molecule has 1 saturated heterocycles. The number of benzene rings is 4. The first-order valence-electron chi connectivity index (χ1n) is 28.2. The lowest BCUT2D eigenvalue weighted by Crippen LogP contribution is -2.55. The quantitative estimate of drug-likeness (QED) is 0.0534. The Bertz CT molecular complexity index is 2690. The molecule has 16 nitrogen and oxygen atoms in total. The van der Waals surface area contributed by atoms with Crippen LogP contribution in [-0.2, 0) is 55.9 Å². The SMILES string of the molecule is CC[C@H](C)[C@@H]([C@@H](CC(=O)N1CCC[C@H]1[C@H](OC)[C@@H](C)C(=O)N[C@@H](Cc1ccccc1)C(=O)OCc1ccc(OC)cc1OC)OC)N(C)C(=O)[C@@H](CC(=O)[C@H](C(C)C)N(C)C(=O)OCC1c2ccccc2-c2ccccc21)C(C)C. The van der Waals surface area contributed by atoms with E-state index in [9.17, 15) is 28.8 Å². The molecule has 0 unspecified atom stereocenters. The maximum atomic E-state index is 14.9. The molecular weight excluding hydrogens is 1020 g/mol. The van der Waals surface area contributed by atoms with Gasteiger partial charge in [0, 0.05) is 71.2 Å². The summed E-state index contributed by atoms with van der Waals surface area (Å²) in [5, 5.41) is 2.95. The number of Topliss-reactive ketones (excluding diaryl/α,β-unsaturated/α-hetero) is 1. The lowest BCUT2D eigenvalue weighted by molar-refractivity contribution is -0.151. The van der Waals surface area contributed by atoms with Gasteiger partial charge in [0.15, 0.2) is 5.78 Å². The number of fused-ring (bicyclic) bond motifs is 3. The minimum absolute atomic E-state index is 0.0633. The fourth-order valence-corrected chi connectivity index (χ4v) is 11.9. The molecule has 6 rings (SSSR count). The summed E-state index contributed by atoms with van der Waals surface area (Å²) in [4.78, 5) is 90.9. The first kappa shape index (κ1) is 62.4. The number of ether oxygens (including phenoxy) is 6. The van der Waals surface area contributed by atoms with Crippen molar-refractivity contribution in [3.63, 3.8) is 0 Å². The zero-order valence-corrected chi connectivity index (χ0v) is 49.3. The third-order valence-corrected chi connectivity index (χ3v) is 16.6. The van der Waals surface area contributed by atoms with E-state index in [0.29, 0.717) is 42.9 Å². The smallest absolute Gasteiger partial charge is 0.410 e. The minimum atomic E-state index is -1.05. The summed E-state index contributed by atoms with van der Waals surface area (Å²) < 4.78 is 34.8. The van der Waals surface area contributed by atoms with Gasteiger partial charge in [0.1, 0.15) is 30.8 Å². The van der Waals surface area contributed by atoms with Crippen molar-refractivity contribution in [2.75, 3.05) is 55.7 Å². The van der Waals surface area contributed by atoms with Crippen LogP contribution in [-0.4, -0.2) is 142 Å². The van der Waals surface area contributed by atoms with Crippen molar-refractivity contribution < 1.29 is 57.2 Å². The van der Waals surface area contributed by atoms with E-state index < -0.39 is 66.2 Å². The fraction of sp³-hybridized carbons (Fsp3) is 0.531. The molecule has 1 aliphatic heterocycles. The third kappa shape index (κ3) is 14.8. The van der Waals surface area contributed by atoms with E-state index in [1.165, 1.54) is 26.2 Å². The summed E-state index contributed by atoms with van der Waals surface area (Å²) in [5.74, 6) is -3.06. The van der Waals surface area contributed by atoms with E-state index in [4.69, 9.17) is 28.4 Å². The van der Waals surface area contributed by atoms with Gasteiger partial charge in [-0.1, -0.05) is 134 Å². The molecule has 4 aromatic carbocycles.